The highest BCUT2D eigenvalue weighted by molar-refractivity contribution is 7.87. The van der Waals surface area contributed by atoms with Gasteiger partial charge in [-0.1, -0.05) is 11.6 Å². The Kier molecular flexibility index (Phi) is 5.56. The summed E-state index contributed by atoms with van der Waals surface area (Å²) in [5, 5.41) is 1.62. The standard InChI is InChI=1S/C10H11ClF3N3O3S/c1-15-21(19,20)16-5-9(18)17-6-2-3-8(11)7(4-6)10(12,13)14/h2-4,15-16H,5H2,1H3,(H,17,18). The van der Waals surface area contributed by atoms with Crippen LogP contribution in [0, 0.1) is 0 Å². The summed E-state index contributed by atoms with van der Waals surface area (Å²) < 4.78 is 63.7. The van der Waals surface area contributed by atoms with Gasteiger partial charge < -0.3 is 5.32 Å². The van der Waals surface area contributed by atoms with Crippen molar-refractivity contribution in [3.05, 3.63) is 28.8 Å². The van der Waals surface area contributed by atoms with Crippen LogP contribution in [0.25, 0.3) is 0 Å². The van der Waals surface area contributed by atoms with Crippen LogP contribution in [0.5, 0.6) is 0 Å². The molecule has 0 radical (unpaired) electrons. The summed E-state index contributed by atoms with van der Waals surface area (Å²) in [6.45, 7) is -0.632. The lowest BCUT2D eigenvalue weighted by Crippen LogP contribution is -2.39. The Bertz CT molecular complexity index is 634. The minimum atomic E-state index is -4.66. The van der Waals surface area contributed by atoms with Crippen LogP contribution in [-0.2, 0) is 21.2 Å². The van der Waals surface area contributed by atoms with Crippen LogP contribution in [0.2, 0.25) is 5.02 Å². The Balaban J connectivity index is 2.78. The van der Waals surface area contributed by atoms with Crippen LogP contribution in [0.1, 0.15) is 5.56 Å². The predicted octanol–water partition coefficient (Wildman–Crippen LogP) is 1.35. The van der Waals surface area contributed by atoms with Crippen molar-refractivity contribution in [2.75, 3.05) is 18.9 Å². The van der Waals surface area contributed by atoms with Crippen molar-refractivity contribution in [1.82, 2.24) is 9.44 Å². The summed E-state index contributed by atoms with van der Waals surface area (Å²) in [5.41, 5.74) is -1.25. The summed E-state index contributed by atoms with van der Waals surface area (Å²) in [7, 11) is -2.67. The van der Waals surface area contributed by atoms with Crippen molar-refractivity contribution >= 4 is 33.4 Å². The van der Waals surface area contributed by atoms with E-state index in [4.69, 9.17) is 11.6 Å². The molecule has 0 fully saturated rings. The summed E-state index contributed by atoms with van der Waals surface area (Å²) in [4.78, 5) is 11.4. The Labute approximate surface area is 123 Å². The molecule has 1 aromatic rings. The molecule has 0 unspecified atom stereocenters. The van der Waals surface area contributed by atoms with Gasteiger partial charge in [0.05, 0.1) is 17.1 Å². The molecule has 11 heteroatoms. The number of amides is 1. The van der Waals surface area contributed by atoms with Crippen LogP contribution < -0.4 is 14.8 Å². The number of nitrogens with one attached hydrogen (secondary N) is 3. The minimum Gasteiger partial charge on any atom is -0.325 e. The number of hydrogen-bond donors (Lipinski definition) is 3. The Morgan fingerprint density at radius 2 is 1.95 bits per heavy atom. The second-order valence-electron chi connectivity index (χ2n) is 3.77. The summed E-state index contributed by atoms with van der Waals surface area (Å²) in [6, 6.07) is 2.81. The molecule has 0 atom stereocenters. The number of hydrogen-bond acceptors (Lipinski definition) is 3. The summed E-state index contributed by atoms with van der Waals surface area (Å²) in [5.74, 6) is -0.829. The Morgan fingerprint density at radius 3 is 2.48 bits per heavy atom. The fourth-order valence-corrected chi connectivity index (χ4v) is 1.95. The number of halogens is 4. The lowest BCUT2D eigenvalue weighted by Gasteiger charge is -2.12. The smallest absolute Gasteiger partial charge is 0.325 e. The molecule has 0 aromatic heterocycles. The first-order valence-electron chi connectivity index (χ1n) is 5.40. The van der Waals surface area contributed by atoms with Crippen molar-refractivity contribution < 1.29 is 26.4 Å². The van der Waals surface area contributed by atoms with Gasteiger partial charge in [0, 0.05) is 12.7 Å². The van der Waals surface area contributed by atoms with E-state index >= 15 is 0 Å². The number of carbonyl (C=O) groups is 1. The number of benzene rings is 1. The zero-order valence-electron chi connectivity index (χ0n) is 10.6. The third-order valence-corrected chi connectivity index (χ3v) is 3.64. The number of alkyl halides is 3. The van der Waals surface area contributed by atoms with Crippen molar-refractivity contribution in [3.8, 4) is 0 Å². The molecular weight excluding hydrogens is 335 g/mol. The quantitative estimate of drug-likeness (QED) is 0.753. The van der Waals surface area contributed by atoms with E-state index in [1.54, 1.807) is 0 Å². The van der Waals surface area contributed by atoms with Gasteiger partial charge in [0.1, 0.15) is 0 Å². The molecule has 3 N–H and O–H groups in total. The monoisotopic (exact) mass is 345 g/mol. The molecule has 0 heterocycles. The fourth-order valence-electron chi connectivity index (χ4n) is 1.26. The van der Waals surface area contributed by atoms with Gasteiger partial charge in [0.15, 0.2) is 0 Å². The maximum atomic E-state index is 12.6. The average Bonchev–Trinajstić information content (AvgIpc) is 2.37. The first kappa shape index (κ1) is 17.7. The minimum absolute atomic E-state index is 0.152. The molecule has 0 aliphatic carbocycles. The second kappa shape index (κ2) is 6.60. The zero-order valence-corrected chi connectivity index (χ0v) is 12.2. The largest absolute Gasteiger partial charge is 0.417 e. The first-order valence-corrected chi connectivity index (χ1v) is 7.26. The second-order valence-corrected chi connectivity index (χ2v) is 5.88. The Morgan fingerprint density at radius 1 is 1.33 bits per heavy atom. The molecule has 1 amide bonds. The van der Waals surface area contributed by atoms with E-state index in [1.807, 2.05) is 9.44 Å². The third kappa shape index (κ3) is 5.50. The number of carbonyl (C=O) groups excluding carboxylic acids is 1. The molecule has 21 heavy (non-hydrogen) atoms. The molecule has 118 valence electrons. The highest BCUT2D eigenvalue weighted by Crippen LogP contribution is 2.36. The highest BCUT2D eigenvalue weighted by Gasteiger charge is 2.33. The molecular formula is C10H11ClF3N3O3S. The highest BCUT2D eigenvalue weighted by atomic mass is 35.5. The lowest BCUT2D eigenvalue weighted by atomic mass is 10.2. The molecule has 0 bridgehead atoms. The Hall–Kier alpha value is -1.36. The normalized spacial score (nSPS) is 12.2. The van der Waals surface area contributed by atoms with Crippen LogP contribution in [0.4, 0.5) is 18.9 Å². The molecule has 6 nitrogen and oxygen atoms in total. The summed E-state index contributed by atoms with van der Waals surface area (Å²) in [6.07, 6.45) is -4.66. The van der Waals surface area contributed by atoms with Gasteiger partial charge in [0.2, 0.25) is 5.91 Å². The van der Waals surface area contributed by atoms with Crippen molar-refractivity contribution in [2.45, 2.75) is 6.18 Å². The molecule has 0 spiro atoms. The van der Waals surface area contributed by atoms with E-state index in [9.17, 15) is 26.4 Å². The molecule has 0 saturated heterocycles. The molecule has 1 aromatic carbocycles. The maximum Gasteiger partial charge on any atom is 0.417 e. The van der Waals surface area contributed by atoms with Crippen LogP contribution in [0.15, 0.2) is 18.2 Å². The molecule has 0 aliphatic heterocycles. The van der Waals surface area contributed by atoms with Gasteiger partial charge in [-0.2, -0.15) is 26.3 Å². The van der Waals surface area contributed by atoms with E-state index < -0.39 is 39.4 Å². The molecule has 0 saturated carbocycles. The van der Waals surface area contributed by atoms with Crippen molar-refractivity contribution in [1.29, 1.82) is 0 Å². The van der Waals surface area contributed by atoms with E-state index in [2.05, 4.69) is 5.32 Å². The topological polar surface area (TPSA) is 87.3 Å². The first-order chi connectivity index (χ1) is 9.55. The van der Waals surface area contributed by atoms with Gasteiger partial charge in [-0.15, -0.1) is 0 Å². The van der Waals surface area contributed by atoms with E-state index in [0.717, 1.165) is 13.1 Å². The number of rotatable bonds is 5. The van der Waals surface area contributed by atoms with E-state index in [0.29, 0.717) is 6.07 Å². The van der Waals surface area contributed by atoms with Crippen LogP contribution in [0.3, 0.4) is 0 Å². The average molecular weight is 346 g/mol. The maximum absolute atomic E-state index is 12.6. The van der Waals surface area contributed by atoms with Crippen LogP contribution in [-0.4, -0.2) is 27.9 Å². The SMILES string of the molecule is CNS(=O)(=O)NCC(=O)Nc1ccc(Cl)c(C(F)(F)F)c1. The van der Waals surface area contributed by atoms with Gasteiger partial charge in [-0.25, -0.2) is 4.72 Å². The third-order valence-electron chi connectivity index (χ3n) is 2.25. The van der Waals surface area contributed by atoms with Gasteiger partial charge in [0.25, 0.3) is 10.2 Å². The van der Waals surface area contributed by atoms with Gasteiger partial charge in [-0.3, -0.25) is 4.79 Å². The van der Waals surface area contributed by atoms with Crippen molar-refractivity contribution in [3.63, 3.8) is 0 Å². The lowest BCUT2D eigenvalue weighted by molar-refractivity contribution is -0.137. The number of anilines is 1. The zero-order chi connectivity index (χ0) is 16.3. The molecule has 0 aliphatic rings. The fraction of sp³-hybridized carbons (Fsp3) is 0.300. The molecule has 1 rings (SSSR count). The van der Waals surface area contributed by atoms with Crippen molar-refractivity contribution in [2.24, 2.45) is 0 Å². The van der Waals surface area contributed by atoms with E-state index in [1.165, 1.54) is 6.07 Å². The van der Waals surface area contributed by atoms with Gasteiger partial charge in [-0.05, 0) is 18.2 Å². The van der Waals surface area contributed by atoms with Crippen LogP contribution >= 0.6 is 11.6 Å². The summed E-state index contributed by atoms with van der Waals surface area (Å²) >= 11 is 5.42. The predicted molar refractivity (Wildman–Crippen MR) is 71.1 cm³/mol. The van der Waals surface area contributed by atoms with E-state index in [-0.39, 0.29) is 5.69 Å². The van der Waals surface area contributed by atoms with Gasteiger partial charge >= 0.3 is 6.18 Å².